The Kier molecular flexibility index (Phi) is 2.97. The van der Waals surface area contributed by atoms with Crippen molar-refractivity contribution in [1.29, 1.82) is 0 Å². The highest BCUT2D eigenvalue weighted by Crippen LogP contribution is 2.36. The minimum Gasteiger partial charge on any atom is -0.496 e. The summed E-state index contributed by atoms with van der Waals surface area (Å²) in [6, 6.07) is 2.99. The molecule has 1 rings (SSSR count). The fourth-order valence-corrected chi connectivity index (χ4v) is 1.20. The molecular weight excluding hydrogens is 170 g/mol. The van der Waals surface area contributed by atoms with Gasteiger partial charge in [-0.05, 0) is 12.1 Å². The normalized spacial score (nSPS) is 9.77. The molecule has 4 heteroatoms. The van der Waals surface area contributed by atoms with Crippen molar-refractivity contribution in [3.63, 3.8) is 0 Å². The average molecular weight is 182 g/mol. The molecule has 0 fully saturated rings. The zero-order valence-corrected chi connectivity index (χ0v) is 7.66. The fraction of sp³-hybridized carbons (Fsp3) is 0.333. The number of benzene rings is 1. The first-order chi connectivity index (χ1) is 6.24. The van der Waals surface area contributed by atoms with Crippen molar-refractivity contribution in [2.24, 2.45) is 5.73 Å². The standard InChI is InChI=1S/C9H12NO3/c1-12-8-4-3-7(11)9(13-2)6(8)5-10/h3-4H,5,10H2,1-2H3. The maximum atomic E-state index is 11.3. The summed E-state index contributed by atoms with van der Waals surface area (Å²) in [6.07, 6.45) is 0. The largest absolute Gasteiger partial charge is 0.496 e. The molecule has 13 heavy (non-hydrogen) atoms. The second kappa shape index (κ2) is 4.00. The van der Waals surface area contributed by atoms with Crippen LogP contribution in [0.15, 0.2) is 12.1 Å². The van der Waals surface area contributed by atoms with Crippen LogP contribution in [-0.4, -0.2) is 14.2 Å². The van der Waals surface area contributed by atoms with Crippen molar-refractivity contribution in [2.45, 2.75) is 6.54 Å². The van der Waals surface area contributed by atoms with Crippen LogP contribution in [0, 0.1) is 0 Å². The predicted octanol–water partition coefficient (Wildman–Crippen LogP) is 1.31. The third-order valence-electron chi connectivity index (χ3n) is 1.81. The summed E-state index contributed by atoms with van der Waals surface area (Å²) in [5.41, 5.74) is 6.08. The van der Waals surface area contributed by atoms with E-state index in [4.69, 9.17) is 15.2 Å². The van der Waals surface area contributed by atoms with Gasteiger partial charge >= 0.3 is 0 Å². The third kappa shape index (κ3) is 1.67. The van der Waals surface area contributed by atoms with E-state index in [0.717, 1.165) is 0 Å². The molecule has 0 saturated carbocycles. The fourth-order valence-electron chi connectivity index (χ4n) is 1.20. The minimum absolute atomic E-state index is 0.177. The molecule has 0 saturated heterocycles. The quantitative estimate of drug-likeness (QED) is 0.766. The first-order valence-electron chi connectivity index (χ1n) is 3.85. The van der Waals surface area contributed by atoms with Crippen LogP contribution < -0.4 is 15.2 Å². The summed E-state index contributed by atoms with van der Waals surface area (Å²) in [6.45, 7) is 0.225. The molecule has 0 spiro atoms. The molecule has 1 aromatic carbocycles. The summed E-state index contributed by atoms with van der Waals surface area (Å²) >= 11 is 0. The van der Waals surface area contributed by atoms with E-state index < -0.39 is 0 Å². The predicted molar refractivity (Wildman–Crippen MR) is 47.6 cm³/mol. The molecule has 0 bridgehead atoms. The molecule has 0 atom stereocenters. The Bertz CT molecular complexity index is 299. The van der Waals surface area contributed by atoms with Crippen LogP contribution in [-0.2, 0) is 11.7 Å². The first kappa shape index (κ1) is 9.67. The molecule has 1 aromatic rings. The van der Waals surface area contributed by atoms with Gasteiger partial charge in [-0.1, -0.05) is 0 Å². The monoisotopic (exact) mass is 182 g/mol. The van der Waals surface area contributed by atoms with Crippen LogP contribution >= 0.6 is 0 Å². The number of rotatable bonds is 3. The molecule has 0 heterocycles. The Hall–Kier alpha value is -1.42. The minimum atomic E-state index is -0.177. The maximum Gasteiger partial charge on any atom is 0.220 e. The van der Waals surface area contributed by atoms with Crippen molar-refractivity contribution >= 4 is 0 Å². The smallest absolute Gasteiger partial charge is 0.220 e. The lowest BCUT2D eigenvalue weighted by molar-refractivity contribution is 0.309. The molecule has 0 amide bonds. The summed E-state index contributed by atoms with van der Waals surface area (Å²) < 4.78 is 9.97. The van der Waals surface area contributed by atoms with Gasteiger partial charge in [0, 0.05) is 6.54 Å². The highest BCUT2D eigenvalue weighted by atomic mass is 16.5. The van der Waals surface area contributed by atoms with Gasteiger partial charge in [0.1, 0.15) is 5.75 Å². The van der Waals surface area contributed by atoms with Gasteiger partial charge in [-0.3, -0.25) is 5.11 Å². The van der Waals surface area contributed by atoms with Crippen LogP contribution in [0.2, 0.25) is 0 Å². The van der Waals surface area contributed by atoms with E-state index in [1.807, 2.05) is 0 Å². The van der Waals surface area contributed by atoms with Gasteiger partial charge in [0.05, 0.1) is 19.8 Å². The third-order valence-corrected chi connectivity index (χ3v) is 1.81. The molecule has 71 valence electrons. The number of nitrogens with two attached hydrogens (primary N) is 1. The molecule has 0 aliphatic heterocycles. The molecule has 0 unspecified atom stereocenters. The van der Waals surface area contributed by atoms with Gasteiger partial charge in [-0.25, -0.2) is 0 Å². The van der Waals surface area contributed by atoms with E-state index in [1.165, 1.54) is 20.3 Å². The zero-order chi connectivity index (χ0) is 9.84. The molecule has 2 N–H and O–H groups in total. The Morgan fingerprint density at radius 1 is 1.31 bits per heavy atom. The topological polar surface area (TPSA) is 64.4 Å². The van der Waals surface area contributed by atoms with E-state index in [0.29, 0.717) is 11.3 Å². The summed E-state index contributed by atoms with van der Waals surface area (Å²) in [5.74, 6) is 0.671. The van der Waals surface area contributed by atoms with Crippen LogP contribution in [0.25, 0.3) is 0 Å². The molecule has 1 radical (unpaired) electrons. The Morgan fingerprint density at radius 2 is 2.00 bits per heavy atom. The van der Waals surface area contributed by atoms with E-state index >= 15 is 0 Å². The van der Waals surface area contributed by atoms with E-state index in [2.05, 4.69) is 0 Å². The van der Waals surface area contributed by atoms with Crippen LogP contribution in [0.5, 0.6) is 17.2 Å². The lowest BCUT2D eigenvalue weighted by Gasteiger charge is -2.11. The van der Waals surface area contributed by atoms with Crippen LogP contribution in [0.1, 0.15) is 5.56 Å². The molecule has 0 aliphatic rings. The van der Waals surface area contributed by atoms with Crippen molar-refractivity contribution in [3.05, 3.63) is 17.7 Å². The summed E-state index contributed by atoms with van der Waals surface area (Å²) in [7, 11) is 2.97. The lowest BCUT2D eigenvalue weighted by Crippen LogP contribution is -2.02. The number of hydrogen-bond donors (Lipinski definition) is 1. The van der Waals surface area contributed by atoms with Crippen LogP contribution in [0.3, 0.4) is 0 Å². The van der Waals surface area contributed by atoms with Gasteiger partial charge in [0.2, 0.25) is 5.75 Å². The lowest BCUT2D eigenvalue weighted by atomic mass is 10.1. The van der Waals surface area contributed by atoms with Gasteiger partial charge < -0.3 is 15.2 Å². The number of methoxy groups -OCH3 is 2. The first-order valence-corrected chi connectivity index (χ1v) is 3.85. The summed E-state index contributed by atoms with van der Waals surface area (Å²) in [5, 5.41) is 11.3. The SMILES string of the molecule is COc1ccc([O])c(OC)c1CN. The second-order valence-corrected chi connectivity index (χ2v) is 2.48. The number of ether oxygens (including phenoxy) is 2. The summed E-state index contributed by atoms with van der Waals surface area (Å²) in [4.78, 5) is 0. The Morgan fingerprint density at radius 3 is 2.46 bits per heavy atom. The van der Waals surface area contributed by atoms with E-state index in [9.17, 15) is 5.11 Å². The van der Waals surface area contributed by atoms with E-state index in [1.54, 1.807) is 6.07 Å². The second-order valence-electron chi connectivity index (χ2n) is 2.48. The van der Waals surface area contributed by atoms with Crippen molar-refractivity contribution in [1.82, 2.24) is 0 Å². The van der Waals surface area contributed by atoms with Gasteiger partial charge in [0.15, 0.2) is 5.75 Å². The van der Waals surface area contributed by atoms with Gasteiger partial charge in [-0.15, -0.1) is 0 Å². The average Bonchev–Trinajstić information content (AvgIpc) is 2.17. The highest BCUT2D eigenvalue weighted by Gasteiger charge is 2.13. The molecule has 0 aliphatic carbocycles. The maximum absolute atomic E-state index is 11.3. The molecular formula is C9H12NO3. The number of hydrogen-bond acceptors (Lipinski definition) is 3. The van der Waals surface area contributed by atoms with Gasteiger partial charge in [0.25, 0.3) is 0 Å². The molecule has 4 nitrogen and oxygen atoms in total. The van der Waals surface area contributed by atoms with Crippen LogP contribution in [0.4, 0.5) is 0 Å². The van der Waals surface area contributed by atoms with Crippen molar-refractivity contribution in [3.8, 4) is 17.2 Å². The van der Waals surface area contributed by atoms with Gasteiger partial charge in [-0.2, -0.15) is 0 Å². The molecule has 0 aromatic heterocycles. The van der Waals surface area contributed by atoms with E-state index in [-0.39, 0.29) is 18.0 Å². The zero-order valence-electron chi connectivity index (χ0n) is 7.66. The Balaban J connectivity index is 3.27. The highest BCUT2D eigenvalue weighted by molar-refractivity contribution is 5.52. The van der Waals surface area contributed by atoms with Crippen molar-refractivity contribution in [2.75, 3.05) is 14.2 Å². The Labute approximate surface area is 76.9 Å². The van der Waals surface area contributed by atoms with Crippen molar-refractivity contribution < 1.29 is 14.6 Å².